The fourth-order valence-electron chi connectivity index (χ4n) is 13.8. The molecule has 0 aliphatic heterocycles. The van der Waals surface area contributed by atoms with Crippen LogP contribution in [0.5, 0.6) is 0 Å². The van der Waals surface area contributed by atoms with E-state index < -0.39 is 16.1 Å². The van der Waals surface area contributed by atoms with Gasteiger partial charge in [-0.1, -0.05) is 235 Å². The van der Waals surface area contributed by atoms with Crippen molar-refractivity contribution < 1.29 is 0 Å². The molecule has 11 aromatic carbocycles. The maximum absolute atomic E-state index is 2.59. The van der Waals surface area contributed by atoms with Crippen molar-refractivity contribution in [1.29, 1.82) is 0 Å². The molecule has 4 heterocycles. The Balaban J connectivity index is 1.01. The second-order valence-electron chi connectivity index (χ2n) is 26.2. The first-order valence-corrected chi connectivity index (χ1v) is 37.1. The number of benzene rings is 11. The molecule has 4 nitrogen and oxygen atoms in total. The standard InChI is InChI=1S/C78H70N4Si2/c1-49(2)53-27-21-29-55(43-53)79(69-39-35-57(83(5,6)7)45-63(69)51-23-13-11-14-24-51)71-41-37-59-65-47-74-66(48-73(65)81-67-33-19-17-31-61(67)75(71)77(59)81)60-38-42-72(76-62-32-18-20-34-68(62)82(74)78(60)76)80(56-30-22-28-54(44-56)50(3)4)70-40-36-58(84(8,9)10)46-64(70)52-25-15-12-16-26-52/h11-50H,1-10H3. The van der Waals surface area contributed by atoms with Gasteiger partial charge in [0, 0.05) is 65.6 Å². The normalized spacial score (nSPS) is 12.6. The zero-order valence-corrected chi connectivity index (χ0v) is 51.9. The Labute approximate surface area is 495 Å². The molecule has 0 atom stereocenters. The third-order valence-electron chi connectivity index (χ3n) is 18.2. The first-order valence-electron chi connectivity index (χ1n) is 30.1. The highest BCUT2D eigenvalue weighted by atomic mass is 28.3. The van der Waals surface area contributed by atoms with Crippen LogP contribution in [0, 0.1) is 0 Å². The first-order chi connectivity index (χ1) is 40.6. The Morgan fingerprint density at radius 2 is 0.690 bits per heavy atom. The molecule has 0 aliphatic rings. The van der Waals surface area contributed by atoms with Crippen molar-refractivity contribution in [3.8, 4) is 22.3 Å². The van der Waals surface area contributed by atoms with E-state index in [4.69, 9.17) is 0 Å². The summed E-state index contributed by atoms with van der Waals surface area (Å²) in [6, 6.07) is 88.2. The van der Waals surface area contributed by atoms with Crippen LogP contribution in [0.4, 0.5) is 34.1 Å². The van der Waals surface area contributed by atoms with Crippen LogP contribution >= 0.6 is 0 Å². The molecule has 15 rings (SSSR count). The molecule has 0 aliphatic carbocycles. The molecule has 0 amide bonds. The third kappa shape index (κ3) is 8.05. The number of anilines is 6. The Bertz CT molecular complexity index is 4730. The van der Waals surface area contributed by atoms with E-state index >= 15 is 0 Å². The van der Waals surface area contributed by atoms with E-state index in [0.717, 1.165) is 11.4 Å². The van der Waals surface area contributed by atoms with Crippen LogP contribution in [0.3, 0.4) is 0 Å². The van der Waals surface area contributed by atoms with Gasteiger partial charge in [-0.3, -0.25) is 0 Å². The SMILES string of the molecule is CC(C)c1cccc(N(c2ccc([Si](C)(C)C)cc2-c2ccccc2)c2ccc3c4cc5c(cc4n4c6ccccc6c2c34)c2ccc(N(c3cccc(C(C)C)c3)c3ccc([Si](C)(C)C)cc3-c3ccccc3)c3c4ccccc4n5c23)c1. The predicted molar refractivity (Wildman–Crippen MR) is 370 cm³/mol. The number of para-hydroxylation sites is 2. The summed E-state index contributed by atoms with van der Waals surface area (Å²) in [6.45, 7) is 23.9. The maximum atomic E-state index is 2.59. The van der Waals surface area contributed by atoms with Gasteiger partial charge in [-0.05, 0) is 107 Å². The number of hydrogen-bond acceptors (Lipinski definition) is 2. The molecule has 84 heavy (non-hydrogen) atoms. The second-order valence-corrected chi connectivity index (χ2v) is 36.3. The Hall–Kier alpha value is -8.95. The van der Waals surface area contributed by atoms with Gasteiger partial charge in [0.05, 0.1) is 72.0 Å². The summed E-state index contributed by atoms with van der Waals surface area (Å²) < 4.78 is 5.18. The van der Waals surface area contributed by atoms with E-state index in [9.17, 15) is 0 Å². The van der Waals surface area contributed by atoms with Crippen molar-refractivity contribution in [1.82, 2.24) is 8.80 Å². The summed E-state index contributed by atoms with van der Waals surface area (Å²) in [5.74, 6) is 0.737. The minimum absolute atomic E-state index is 0.369. The number of nitrogens with zero attached hydrogens (tertiary/aromatic N) is 4. The summed E-state index contributed by atoms with van der Waals surface area (Å²) in [5.41, 5.74) is 22.0. The number of aromatic nitrogens is 2. The molecule has 6 heteroatoms. The lowest BCUT2D eigenvalue weighted by Crippen LogP contribution is -2.37. The van der Waals surface area contributed by atoms with E-state index in [1.165, 1.54) is 143 Å². The van der Waals surface area contributed by atoms with Gasteiger partial charge >= 0.3 is 0 Å². The third-order valence-corrected chi connectivity index (χ3v) is 22.3. The molecule has 4 aromatic heterocycles. The van der Waals surface area contributed by atoms with Gasteiger partial charge in [0.15, 0.2) is 0 Å². The predicted octanol–water partition coefficient (Wildman–Crippen LogP) is 21.6. The number of fused-ring (bicyclic) bond motifs is 12. The highest BCUT2D eigenvalue weighted by Gasteiger charge is 2.31. The van der Waals surface area contributed by atoms with Crippen LogP contribution in [-0.2, 0) is 0 Å². The van der Waals surface area contributed by atoms with Gasteiger partial charge in [0.1, 0.15) is 0 Å². The quantitative estimate of drug-likeness (QED) is 0.113. The topological polar surface area (TPSA) is 15.3 Å². The molecular weight excluding hydrogens is 1050 g/mol. The Morgan fingerprint density at radius 3 is 1.08 bits per heavy atom. The fourth-order valence-corrected chi connectivity index (χ4v) is 16.1. The van der Waals surface area contributed by atoms with E-state index in [1.807, 2.05) is 0 Å². The summed E-state index contributed by atoms with van der Waals surface area (Å²) in [7, 11) is -3.39. The van der Waals surface area contributed by atoms with Crippen LogP contribution < -0.4 is 20.2 Å². The van der Waals surface area contributed by atoms with Crippen molar-refractivity contribution in [2.24, 2.45) is 0 Å². The van der Waals surface area contributed by atoms with Crippen LogP contribution in [0.2, 0.25) is 39.3 Å². The average Bonchev–Trinajstić information content (AvgIpc) is 1.76. The summed E-state index contributed by atoms with van der Waals surface area (Å²) in [4.78, 5) is 5.15. The van der Waals surface area contributed by atoms with E-state index in [0.29, 0.717) is 11.8 Å². The Morgan fingerprint density at radius 1 is 0.310 bits per heavy atom. The van der Waals surface area contributed by atoms with Crippen LogP contribution in [0.15, 0.2) is 231 Å². The van der Waals surface area contributed by atoms with Crippen molar-refractivity contribution in [2.75, 3.05) is 9.80 Å². The zero-order chi connectivity index (χ0) is 57.5. The molecule has 0 saturated carbocycles. The summed E-state index contributed by atoms with van der Waals surface area (Å²) in [5, 5.41) is 12.9. The lowest BCUT2D eigenvalue weighted by molar-refractivity contribution is 0.866. The minimum Gasteiger partial charge on any atom is -0.309 e. The molecule has 0 spiro atoms. The van der Waals surface area contributed by atoms with Gasteiger partial charge in [0.25, 0.3) is 0 Å². The van der Waals surface area contributed by atoms with Crippen molar-refractivity contribution in [2.45, 2.75) is 78.8 Å². The summed E-state index contributed by atoms with van der Waals surface area (Å²) in [6.07, 6.45) is 0. The largest absolute Gasteiger partial charge is 0.309 e. The highest BCUT2D eigenvalue weighted by Crippen LogP contribution is 2.53. The van der Waals surface area contributed by atoms with E-state index in [2.05, 4.69) is 316 Å². The lowest BCUT2D eigenvalue weighted by Gasteiger charge is -2.30. The first kappa shape index (κ1) is 51.9. The molecule has 0 radical (unpaired) electrons. The molecule has 0 fully saturated rings. The molecule has 0 bridgehead atoms. The Kier molecular flexibility index (Phi) is 11.9. The smallest absolute Gasteiger partial charge is 0.0776 e. The average molecular weight is 1120 g/mol. The fraction of sp³-hybridized carbons (Fsp3) is 0.154. The monoisotopic (exact) mass is 1120 g/mol. The van der Waals surface area contributed by atoms with Crippen molar-refractivity contribution in [3.63, 3.8) is 0 Å². The minimum atomic E-state index is -1.69. The van der Waals surface area contributed by atoms with Crippen LogP contribution in [0.1, 0.15) is 50.7 Å². The molecule has 0 saturated heterocycles. The molecule has 0 unspecified atom stereocenters. The summed E-state index contributed by atoms with van der Waals surface area (Å²) >= 11 is 0. The van der Waals surface area contributed by atoms with Gasteiger partial charge in [-0.15, -0.1) is 0 Å². The molecule has 410 valence electrons. The van der Waals surface area contributed by atoms with Crippen LogP contribution in [0.25, 0.3) is 98.4 Å². The van der Waals surface area contributed by atoms with Crippen LogP contribution in [-0.4, -0.2) is 24.9 Å². The van der Waals surface area contributed by atoms with Gasteiger partial charge in [-0.2, -0.15) is 0 Å². The lowest BCUT2D eigenvalue weighted by atomic mass is 9.98. The molecular formula is C78H70N4Si2. The maximum Gasteiger partial charge on any atom is 0.0776 e. The van der Waals surface area contributed by atoms with Crippen molar-refractivity contribution >= 4 is 137 Å². The number of hydrogen-bond donors (Lipinski definition) is 0. The van der Waals surface area contributed by atoms with Gasteiger partial charge in [0.2, 0.25) is 0 Å². The molecule has 0 N–H and O–H groups in total. The molecule has 15 aromatic rings. The van der Waals surface area contributed by atoms with E-state index in [1.54, 1.807) is 0 Å². The zero-order valence-electron chi connectivity index (χ0n) is 49.9. The number of rotatable bonds is 12. The highest BCUT2D eigenvalue weighted by molar-refractivity contribution is 6.89. The van der Waals surface area contributed by atoms with Crippen molar-refractivity contribution in [3.05, 3.63) is 242 Å². The van der Waals surface area contributed by atoms with Gasteiger partial charge in [-0.25, -0.2) is 0 Å². The van der Waals surface area contributed by atoms with Gasteiger partial charge < -0.3 is 18.6 Å². The second kappa shape index (κ2) is 19.3. The van der Waals surface area contributed by atoms with E-state index in [-0.39, 0.29) is 0 Å².